The number of nitrogens with zero attached hydrogens (tertiary/aromatic N) is 2. The molecule has 8 heteroatoms. The average molecular weight is 534 g/mol. The number of ether oxygens (including phenoxy) is 1. The highest BCUT2D eigenvalue weighted by Crippen LogP contribution is 2.26. The third kappa shape index (κ3) is 7.35. The molecule has 0 saturated heterocycles. The monoisotopic (exact) mass is 532 g/mol. The third-order valence-electron chi connectivity index (χ3n) is 5.74. The van der Waals surface area contributed by atoms with Gasteiger partial charge in [0.2, 0.25) is 0 Å². The Labute approximate surface area is 220 Å². The first-order valence-corrected chi connectivity index (χ1v) is 12.5. The van der Waals surface area contributed by atoms with E-state index in [1.54, 1.807) is 12.1 Å². The number of aliphatic hydroxyl groups excluding tert-OH is 1. The zero-order chi connectivity index (χ0) is 24.8. The van der Waals surface area contributed by atoms with Gasteiger partial charge >= 0.3 is 0 Å². The first-order chi connectivity index (χ1) is 16.9. The van der Waals surface area contributed by atoms with Crippen LogP contribution in [0.1, 0.15) is 23.1 Å². The maximum atomic E-state index is 10.8. The number of hydrogen-bond donors (Lipinski definition) is 1. The molecule has 1 heterocycles. The zero-order valence-corrected chi connectivity index (χ0v) is 21.6. The van der Waals surface area contributed by atoms with Gasteiger partial charge in [-0.05, 0) is 48.4 Å². The van der Waals surface area contributed by atoms with Crippen LogP contribution in [0.25, 0.3) is 0 Å². The summed E-state index contributed by atoms with van der Waals surface area (Å²) in [5, 5.41) is 16.7. The highest BCUT2D eigenvalue weighted by molar-refractivity contribution is 6.42. The van der Waals surface area contributed by atoms with Crippen molar-refractivity contribution >= 4 is 40.5 Å². The molecule has 0 saturated carbocycles. The summed E-state index contributed by atoms with van der Waals surface area (Å²) in [7, 11) is 0. The van der Waals surface area contributed by atoms with Gasteiger partial charge in [-0.15, -0.1) is 0 Å². The maximum Gasteiger partial charge on any atom is 0.145 e. The Bertz CT molecular complexity index is 1190. The summed E-state index contributed by atoms with van der Waals surface area (Å²) >= 11 is 18.4. The van der Waals surface area contributed by atoms with Crippen LogP contribution in [0.2, 0.25) is 15.1 Å². The number of oxime groups is 1. The Morgan fingerprint density at radius 2 is 1.89 bits per heavy atom. The molecule has 0 aromatic heterocycles. The van der Waals surface area contributed by atoms with Crippen LogP contribution in [0.5, 0.6) is 5.75 Å². The Morgan fingerprint density at radius 3 is 2.66 bits per heavy atom. The lowest BCUT2D eigenvalue weighted by Gasteiger charge is -2.27. The van der Waals surface area contributed by atoms with Crippen molar-refractivity contribution in [2.24, 2.45) is 5.16 Å². The lowest BCUT2D eigenvalue weighted by molar-refractivity contribution is 0.0212. The second-order valence-electron chi connectivity index (χ2n) is 8.65. The van der Waals surface area contributed by atoms with E-state index in [2.05, 4.69) is 10.1 Å². The fraction of sp³-hybridized carbons (Fsp3) is 0.296. The number of aliphatic hydroxyl groups is 1. The predicted octanol–water partition coefficient (Wildman–Crippen LogP) is 6.39. The molecule has 5 nitrogen and oxygen atoms in total. The van der Waals surface area contributed by atoms with Crippen molar-refractivity contribution in [3.05, 3.63) is 98.5 Å². The van der Waals surface area contributed by atoms with Gasteiger partial charge in [-0.1, -0.05) is 76.4 Å². The van der Waals surface area contributed by atoms with E-state index >= 15 is 0 Å². The Hall–Kier alpha value is -2.28. The highest BCUT2D eigenvalue weighted by atomic mass is 35.5. The molecular weight excluding hydrogens is 507 g/mol. The highest BCUT2D eigenvalue weighted by Gasteiger charge is 2.26. The predicted molar refractivity (Wildman–Crippen MR) is 142 cm³/mol. The number of rotatable bonds is 10. The topological polar surface area (TPSA) is 54.3 Å². The lowest BCUT2D eigenvalue weighted by Crippen LogP contribution is -2.39. The van der Waals surface area contributed by atoms with E-state index in [0.717, 1.165) is 28.2 Å². The van der Waals surface area contributed by atoms with Gasteiger partial charge < -0.3 is 14.7 Å². The Kier molecular flexibility index (Phi) is 8.93. The Morgan fingerprint density at radius 1 is 1.06 bits per heavy atom. The standard InChI is InChI=1S/C27H27Cl3N2O3/c1-18-5-2-3-8-27(18)34-17-22(33)15-32(14-19-6-4-7-21(28)11-19)16-23-13-26(31-35-23)20-9-10-24(29)25(30)12-20/h2-12,22-23,33H,13-17H2,1H3/t22-,23+/m1/s1. The van der Waals surface area contributed by atoms with E-state index < -0.39 is 6.10 Å². The average Bonchev–Trinajstić information content (AvgIpc) is 3.29. The van der Waals surface area contributed by atoms with Crippen LogP contribution in [0.15, 0.2) is 71.9 Å². The molecule has 3 aromatic rings. The smallest absolute Gasteiger partial charge is 0.145 e. The van der Waals surface area contributed by atoms with E-state index in [0.29, 0.717) is 41.1 Å². The first kappa shape index (κ1) is 25.8. The normalized spacial score (nSPS) is 16.2. The second-order valence-corrected chi connectivity index (χ2v) is 9.90. The van der Waals surface area contributed by atoms with Crippen molar-refractivity contribution in [2.75, 3.05) is 19.7 Å². The van der Waals surface area contributed by atoms with Crippen molar-refractivity contribution in [1.82, 2.24) is 4.90 Å². The molecule has 4 rings (SSSR count). The fourth-order valence-corrected chi connectivity index (χ4v) is 4.52. The van der Waals surface area contributed by atoms with Crippen LogP contribution in [-0.2, 0) is 11.4 Å². The van der Waals surface area contributed by atoms with E-state index in [4.69, 9.17) is 44.4 Å². The zero-order valence-electron chi connectivity index (χ0n) is 19.3. The minimum absolute atomic E-state index is 0.164. The molecule has 3 aromatic carbocycles. The van der Waals surface area contributed by atoms with Crippen LogP contribution in [0, 0.1) is 6.92 Å². The van der Waals surface area contributed by atoms with E-state index in [9.17, 15) is 5.11 Å². The molecule has 184 valence electrons. The summed E-state index contributed by atoms with van der Waals surface area (Å²) in [6.07, 6.45) is -0.228. The summed E-state index contributed by atoms with van der Waals surface area (Å²) in [6.45, 7) is 3.75. The van der Waals surface area contributed by atoms with Crippen molar-refractivity contribution in [1.29, 1.82) is 0 Å². The molecule has 1 aliphatic rings. The second kappa shape index (κ2) is 12.1. The van der Waals surface area contributed by atoms with Crippen molar-refractivity contribution in [3.63, 3.8) is 0 Å². The van der Waals surface area contributed by atoms with Gasteiger partial charge in [-0.2, -0.15) is 0 Å². The molecule has 1 N–H and O–H groups in total. The molecule has 0 unspecified atom stereocenters. The largest absolute Gasteiger partial charge is 0.491 e. The van der Waals surface area contributed by atoms with Crippen molar-refractivity contribution < 1.29 is 14.7 Å². The number of halogens is 3. The molecule has 0 amide bonds. The van der Waals surface area contributed by atoms with Crippen molar-refractivity contribution in [3.8, 4) is 5.75 Å². The molecule has 35 heavy (non-hydrogen) atoms. The molecule has 0 bridgehead atoms. The van der Waals surface area contributed by atoms with Gasteiger partial charge in [-0.25, -0.2) is 0 Å². The summed E-state index contributed by atoms with van der Waals surface area (Å²) in [6, 6.07) is 20.9. The maximum absolute atomic E-state index is 10.8. The minimum Gasteiger partial charge on any atom is -0.491 e. The quantitative estimate of drug-likeness (QED) is 0.328. The SMILES string of the molecule is Cc1ccccc1OC[C@H](O)CN(Cc1cccc(Cl)c1)C[C@@H]1CC(c2ccc(Cl)c(Cl)c2)=NO1. The van der Waals surface area contributed by atoms with E-state index in [1.807, 2.05) is 61.5 Å². The summed E-state index contributed by atoms with van der Waals surface area (Å²) in [4.78, 5) is 7.87. The van der Waals surface area contributed by atoms with Gasteiger partial charge in [-0.3, -0.25) is 4.90 Å². The summed E-state index contributed by atoms with van der Waals surface area (Å²) < 4.78 is 5.86. The van der Waals surface area contributed by atoms with Gasteiger partial charge in [0.1, 0.15) is 24.6 Å². The van der Waals surface area contributed by atoms with Crippen LogP contribution in [0.4, 0.5) is 0 Å². The van der Waals surface area contributed by atoms with E-state index in [-0.39, 0.29) is 12.7 Å². The molecule has 0 spiro atoms. The lowest BCUT2D eigenvalue weighted by atomic mass is 10.0. The molecule has 0 aliphatic carbocycles. The van der Waals surface area contributed by atoms with Crippen LogP contribution < -0.4 is 4.74 Å². The number of para-hydroxylation sites is 1. The van der Waals surface area contributed by atoms with Crippen molar-refractivity contribution in [2.45, 2.75) is 32.1 Å². The van der Waals surface area contributed by atoms with Crippen LogP contribution in [-0.4, -0.2) is 47.6 Å². The Balaban J connectivity index is 1.39. The van der Waals surface area contributed by atoms with Crippen LogP contribution >= 0.6 is 34.8 Å². The van der Waals surface area contributed by atoms with E-state index in [1.165, 1.54) is 0 Å². The number of hydrogen-bond acceptors (Lipinski definition) is 5. The van der Waals surface area contributed by atoms with Gasteiger partial charge in [0.05, 0.1) is 15.8 Å². The van der Waals surface area contributed by atoms with Crippen LogP contribution in [0.3, 0.4) is 0 Å². The fourth-order valence-electron chi connectivity index (χ4n) is 4.01. The molecule has 0 fully saturated rings. The summed E-state index contributed by atoms with van der Waals surface area (Å²) in [5.41, 5.74) is 3.78. The number of aryl methyl sites for hydroxylation is 1. The van der Waals surface area contributed by atoms with Gasteiger partial charge in [0.25, 0.3) is 0 Å². The molecule has 0 radical (unpaired) electrons. The molecular formula is C27H27Cl3N2O3. The number of benzene rings is 3. The minimum atomic E-state index is -0.689. The summed E-state index contributed by atoms with van der Waals surface area (Å²) in [5.74, 6) is 0.770. The molecule has 1 aliphatic heterocycles. The molecule has 2 atom stereocenters. The first-order valence-electron chi connectivity index (χ1n) is 11.4. The third-order valence-corrected chi connectivity index (χ3v) is 6.71. The van der Waals surface area contributed by atoms with Gasteiger partial charge in [0, 0.05) is 36.6 Å². The van der Waals surface area contributed by atoms with Gasteiger partial charge in [0.15, 0.2) is 0 Å².